The molecular formula is C31H46N4O8. The van der Waals surface area contributed by atoms with Gasteiger partial charge < -0.3 is 30.5 Å². The summed E-state index contributed by atoms with van der Waals surface area (Å²) < 4.78 is 5.14. The van der Waals surface area contributed by atoms with Gasteiger partial charge in [-0.25, -0.2) is 14.8 Å². The van der Waals surface area contributed by atoms with Crippen LogP contribution in [0, 0.1) is 6.92 Å². The van der Waals surface area contributed by atoms with E-state index in [1.165, 1.54) is 16.7 Å². The third-order valence-corrected chi connectivity index (χ3v) is 7.28. The number of nitrogens with zero attached hydrogens (tertiary/aromatic N) is 3. The van der Waals surface area contributed by atoms with Crippen LogP contribution in [0.25, 0.3) is 0 Å². The van der Waals surface area contributed by atoms with Crippen molar-refractivity contribution in [2.45, 2.75) is 103 Å². The van der Waals surface area contributed by atoms with Crippen molar-refractivity contribution < 1.29 is 39.5 Å². The van der Waals surface area contributed by atoms with Gasteiger partial charge >= 0.3 is 17.9 Å². The minimum absolute atomic E-state index is 0.108. The molecule has 12 heteroatoms. The maximum atomic E-state index is 10.3. The zero-order chi connectivity index (χ0) is 32.4. The van der Waals surface area contributed by atoms with Crippen molar-refractivity contribution in [3.05, 3.63) is 59.2 Å². The summed E-state index contributed by atoms with van der Waals surface area (Å²) in [6, 6.07) is 9.21. The molecule has 0 aliphatic carbocycles. The average molecular weight is 603 g/mol. The number of hydrogen-bond donors (Lipinski definition) is 5. The number of methoxy groups -OCH3 is 1. The second-order valence-electron chi connectivity index (χ2n) is 12.5. The van der Waals surface area contributed by atoms with Gasteiger partial charge in [0.15, 0.2) is 5.60 Å². The third kappa shape index (κ3) is 12.0. The summed E-state index contributed by atoms with van der Waals surface area (Å²) in [5.41, 5.74) is 1.38. The molecule has 1 aromatic heterocycles. The number of nitrogens with one attached hydrogen (secondary N) is 1. The Kier molecular flexibility index (Phi) is 12.7. The Labute approximate surface area is 253 Å². The molecule has 0 amide bonds. The first-order valence-electron chi connectivity index (χ1n) is 14.2. The number of rotatable bonds is 13. The highest BCUT2D eigenvalue weighted by atomic mass is 16.5. The second-order valence-corrected chi connectivity index (χ2v) is 12.5. The first-order chi connectivity index (χ1) is 19.9. The summed E-state index contributed by atoms with van der Waals surface area (Å²) in [6.07, 6.45) is 4.67. The minimum atomic E-state index is -2.74. The van der Waals surface area contributed by atoms with Crippen LogP contribution in [-0.2, 0) is 38.6 Å². The quantitative estimate of drug-likeness (QED) is 0.226. The van der Waals surface area contributed by atoms with E-state index >= 15 is 0 Å². The third-order valence-electron chi connectivity index (χ3n) is 7.28. The van der Waals surface area contributed by atoms with E-state index in [2.05, 4.69) is 79.1 Å². The van der Waals surface area contributed by atoms with Crippen molar-refractivity contribution in [2.24, 2.45) is 0 Å². The van der Waals surface area contributed by atoms with Gasteiger partial charge in [0.25, 0.3) is 0 Å². The molecule has 0 saturated carbocycles. The van der Waals surface area contributed by atoms with Crippen LogP contribution in [0.5, 0.6) is 0 Å². The van der Waals surface area contributed by atoms with Gasteiger partial charge in [-0.1, -0.05) is 24.3 Å². The summed E-state index contributed by atoms with van der Waals surface area (Å²) in [7, 11) is 1.71. The largest absolute Gasteiger partial charge is 0.481 e. The van der Waals surface area contributed by atoms with Crippen molar-refractivity contribution in [1.82, 2.24) is 20.2 Å². The normalized spacial score (nSPS) is 16.3. The Hall–Kier alpha value is -3.45. The minimum Gasteiger partial charge on any atom is -0.481 e. The molecule has 0 radical (unpaired) electrons. The first kappa shape index (κ1) is 35.7. The predicted molar refractivity (Wildman–Crippen MR) is 159 cm³/mol. The molecule has 1 aliphatic heterocycles. The number of carboxylic acid groups (broad SMARTS) is 3. The molecule has 0 unspecified atom stereocenters. The molecule has 2 heterocycles. The maximum Gasteiger partial charge on any atom is 0.336 e. The van der Waals surface area contributed by atoms with E-state index in [0.29, 0.717) is 12.6 Å². The van der Waals surface area contributed by atoms with E-state index in [-0.39, 0.29) is 11.1 Å². The van der Waals surface area contributed by atoms with Crippen molar-refractivity contribution in [2.75, 3.05) is 13.7 Å². The summed E-state index contributed by atoms with van der Waals surface area (Å²) in [4.78, 5) is 42.2. The summed E-state index contributed by atoms with van der Waals surface area (Å²) >= 11 is 0. The molecule has 0 atom stereocenters. The number of hydrogen-bond acceptors (Lipinski definition) is 9. The highest BCUT2D eigenvalue weighted by Gasteiger charge is 2.41. The van der Waals surface area contributed by atoms with Crippen LogP contribution in [0.2, 0.25) is 0 Å². The van der Waals surface area contributed by atoms with E-state index in [1.807, 2.05) is 12.4 Å². The molecule has 0 bridgehead atoms. The highest BCUT2D eigenvalue weighted by Crippen LogP contribution is 2.33. The summed E-state index contributed by atoms with van der Waals surface area (Å²) in [5.74, 6) is -4.18. The van der Waals surface area contributed by atoms with Gasteiger partial charge in [0.2, 0.25) is 0 Å². The van der Waals surface area contributed by atoms with E-state index < -0.39 is 36.4 Å². The average Bonchev–Trinajstić information content (AvgIpc) is 2.86. The number of piperidine rings is 1. The van der Waals surface area contributed by atoms with Crippen LogP contribution < -0.4 is 5.32 Å². The lowest BCUT2D eigenvalue weighted by atomic mass is 9.78. The monoisotopic (exact) mass is 602 g/mol. The first-order valence-corrected chi connectivity index (χ1v) is 14.2. The Morgan fingerprint density at radius 3 is 1.98 bits per heavy atom. The number of ether oxygens (including phenoxy) is 1. The molecular weight excluding hydrogens is 556 g/mol. The van der Waals surface area contributed by atoms with Gasteiger partial charge in [0.1, 0.15) is 5.82 Å². The molecule has 3 rings (SSSR count). The van der Waals surface area contributed by atoms with Crippen molar-refractivity contribution in [3.8, 4) is 0 Å². The lowest BCUT2D eigenvalue weighted by Gasteiger charge is -2.50. The lowest BCUT2D eigenvalue weighted by Crippen LogP contribution is -2.62. The zero-order valence-electron chi connectivity index (χ0n) is 26.0. The van der Waals surface area contributed by atoms with Crippen LogP contribution in [0.3, 0.4) is 0 Å². The van der Waals surface area contributed by atoms with Gasteiger partial charge in [-0.15, -0.1) is 0 Å². The van der Waals surface area contributed by atoms with Crippen LogP contribution in [-0.4, -0.2) is 89.6 Å². The smallest absolute Gasteiger partial charge is 0.336 e. The van der Waals surface area contributed by atoms with Crippen LogP contribution >= 0.6 is 0 Å². The number of aryl methyl sites for hydroxylation is 1. The molecule has 43 heavy (non-hydrogen) atoms. The molecule has 2 aromatic rings. The van der Waals surface area contributed by atoms with Crippen LogP contribution in [0.1, 0.15) is 75.9 Å². The molecule has 0 spiro atoms. The highest BCUT2D eigenvalue weighted by molar-refractivity contribution is 5.88. The van der Waals surface area contributed by atoms with E-state index in [4.69, 9.17) is 25.2 Å². The lowest BCUT2D eigenvalue weighted by molar-refractivity contribution is -0.170. The van der Waals surface area contributed by atoms with Crippen molar-refractivity contribution in [1.29, 1.82) is 0 Å². The van der Waals surface area contributed by atoms with E-state index in [1.54, 1.807) is 7.11 Å². The number of aliphatic hydroxyl groups is 1. The Morgan fingerprint density at radius 2 is 1.51 bits per heavy atom. The molecule has 1 aromatic carbocycles. The second kappa shape index (κ2) is 15.3. The van der Waals surface area contributed by atoms with Crippen LogP contribution in [0.15, 0.2) is 36.7 Å². The Morgan fingerprint density at radius 1 is 0.977 bits per heavy atom. The molecule has 5 N–H and O–H groups in total. The SMILES string of the molecule is COCCc1ncc(CN(Cc2ccccc2C)C2CC(C)(C)NC(C)(C)C2)cn1.O=C(O)CC(O)(CC(=O)O)C(=O)O. The molecule has 1 aliphatic rings. The van der Waals surface area contributed by atoms with E-state index in [0.717, 1.165) is 38.2 Å². The molecule has 1 fully saturated rings. The Balaban J connectivity index is 0.000000420. The van der Waals surface area contributed by atoms with Gasteiger partial charge in [0, 0.05) is 61.7 Å². The molecule has 12 nitrogen and oxygen atoms in total. The van der Waals surface area contributed by atoms with Gasteiger partial charge in [0.05, 0.1) is 19.4 Å². The van der Waals surface area contributed by atoms with Gasteiger partial charge in [-0.05, 0) is 58.6 Å². The summed E-state index contributed by atoms with van der Waals surface area (Å²) in [6.45, 7) is 13.9. The van der Waals surface area contributed by atoms with Gasteiger partial charge in [-0.2, -0.15) is 0 Å². The maximum absolute atomic E-state index is 10.3. The topological polar surface area (TPSA) is 182 Å². The fraction of sp³-hybridized carbons (Fsp3) is 0.581. The fourth-order valence-corrected chi connectivity index (χ4v) is 5.58. The fourth-order valence-electron chi connectivity index (χ4n) is 5.58. The van der Waals surface area contributed by atoms with Crippen LogP contribution in [0.4, 0.5) is 0 Å². The summed E-state index contributed by atoms with van der Waals surface area (Å²) in [5, 5.41) is 37.6. The van der Waals surface area contributed by atoms with E-state index in [9.17, 15) is 14.4 Å². The zero-order valence-corrected chi connectivity index (χ0v) is 26.0. The number of aliphatic carboxylic acids is 3. The van der Waals surface area contributed by atoms with Crippen molar-refractivity contribution >= 4 is 17.9 Å². The van der Waals surface area contributed by atoms with Gasteiger partial charge in [-0.3, -0.25) is 14.5 Å². The predicted octanol–water partition coefficient (Wildman–Crippen LogP) is 3.04. The van der Waals surface area contributed by atoms with Crippen molar-refractivity contribution in [3.63, 3.8) is 0 Å². The molecule has 238 valence electrons. The number of carboxylic acids is 3. The molecule has 1 saturated heterocycles. The number of benzene rings is 1. The number of aromatic nitrogens is 2. The number of carbonyl (C=O) groups is 3. The Bertz CT molecular complexity index is 1200. The standard InChI is InChI=1S/C25H38N4O.C6H8O7/c1-19-9-7-8-10-21(19)18-29(22-13-24(2,3)28-25(4,5)14-22)17-20-15-26-23(27-16-20)11-12-30-6;7-3(8)1-6(13,5(11)12)2-4(9)10/h7-10,15-16,22,28H,11-14,17-18H2,1-6H3;13H,1-2H2,(H,7,8)(H,9,10)(H,11,12).